The topological polar surface area (TPSA) is 286 Å². The third kappa shape index (κ3) is 22.7. The number of anilines is 3. The smallest absolute Gasteiger partial charge is 0.376 e. The first-order chi connectivity index (χ1) is 44.9. The monoisotopic (exact) mass is 1420 g/mol. The summed E-state index contributed by atoms with van der Waals surface area (Å²) in [4.78, 5) is 33.0. The van der Waals surface area contributed by atoms with Gasteiger partial charge in [-0.15, -0.1) is 0 Å². The number of nitrogens with two attached hydrogens (primary N) is 2. The van der Waals surface area contributed by atoms with Crippen LogP contribution < -0.4 is 21.7 Å². The molecular weight excluding hydrogens is 1350 g/mol. The van der Waals surface area contributed by atoms with Crippen molar-refractivity contribution in [1.82, 2.24) is 34.5 Å². The van der Waals surface area contributed by atoms with E-state index >= 15 is 0 Å². The van der Waals surface area contributed by atoms with Gasteiger partial charge in [-0.25, -0.2) is 31.0 Å². The average molecular weight is 1420 g/mol. The van der Waals surface area contributed by atoms with Gasteiger partial charge in [-0.05, 0) is 126 Å². The highest BCUT2D eigenvalue weighted by Crippen LogP contribution is 2.34. The second-order valence-corrected chi connectivity index (χ2v) is 27.8. The maximum Gasteiger partial charge on any atom is 0.376 e. The predicted molar refractivity (Wildman–Crippen MR) is 365 cm³/mol. The van der Waals surface area contributed by atoms with E-state index in [2.05, 4.69) is 60.8 Å². The first kappa shape index (κ1) is 80.8. The Morgan fingerprint density at radius 1 is 0.571 bits per heavy atom. The molecule has 5 aromatic heterocycles. The summed E-state index contributed by atoms with van der Waals surface area (Å²) in [7, 11) is -2.46. The molecule has 5 heterocycles. The molecule has 10 aromatic rings. The van der Waals surface area contributed by atoms with Gasteiger partial charge in [0.15, 0.2) is 0 Å². The Morgan fingerprint density at radius 2 is 0.980 bits per heavy atom. The number of ketones is 1. The van der Waals surface area contributed by atoms with Gasteiger partial charge in [-0.2, -0.15) is 50.6 Å². The molecule has 10 rings (SSSR count). The molecule has 0 aliphatic carbocycles. The van der Waals surface area contributed by atoms with E-state index < -0.39 is 66.6 Å². The number of fused-ring (bicyclic) bond motifs is 3. The number of carbonyl (C=O) groups is 2. The van der Waals surface area contributed by atoms with Gasteiger partial charge in [0, 0.05) is 85.3 Å². The van der Waals surface area contributed by atoms with Crippen LogP contribution >= 0.6 is 10.7 Å². The van der Waals surface area contributed by atoms with Crippen molar-refractivity contribution in [1.29, 1.82) is 5.26 Å². The molecule has 0 unspecified atom stereocenters. The van der Waals surface area contributed by atoms with Crippen LogP contribution in [-0.4, -0.2) is 81.6 Å². The summed E-state index contributed by atoms with van der Waals surface area (Å²) in [6.07, 6.45) is 4.34. The van der Waals surface area contributed by atoms with E-state index in [1.54, 1.807) is 91.4 Å². The van der Waals surface area contributed by atoms with E-state index in [9.17, 15) is 61.5 Å². The van der Waals surface area contributed by atoms with Crippen molar-refractivity contribution in [2.24, 2.45) is 5.84 Å². The SMILES string of the molecule is C.CC(C)(C)c1ccc(S(=O)(=O)Cl)cc1.CC(C)(C)c1ccc(S(=O)(=O)Nc2cc(C(C)(F)F)nn2-c2cccc3ncccc23)cc1.CC(F)(F)C(=O)CC#N.CC(F)(F)c1cc(N)n(-c2cccc3ncccc23)n1.CCOC(=O)C(C)(F)F.NNc1cccc2ncccc12. The summed E-state index contributed by atoms with van der Waals surface area (Å²) >= 11 is 0. The minimum atomic E-state index is -4.06. The number of halogens is 9. The molecule has 0 saturated carbocycles. The van der Waals surface area contributed by atoms with Gasteiger partial charge in [-0.1, -0.05) is 91.4 Å². The number of hydrogen-bond donors (Lipinski definition) is 4. The lowest BCUT2D eigenvalue weighted by atomic mass is 9.87. The maximum atomic E-state index is 14.1. The van der Waals surface area contributed by atoms with E-state index in [1.165, 1.54) is 52.7 Å². The number of aromatic nitrogens is 7. The third-order valence-corrected chi connectivity index (χ3v) is 16.2. The summed E-state index contributed by atoms with van der Waals surface area (Å²) in [5.74, 6) is -10.4. The Kier molecular flexibility index (Phi) is 27.3. The molecule has 30 heteroatoms. The van der Waals surface area contributed by atoms with Gasteiger partial charge in [-0.3, -0.25) is 30.3 Å². The standard InChI is InChI=1S/C24H24F2N4O2S.C14H12F2N4.C10H13ClO2S.C9H9N3.C5H5F2NO.C5H8F2O2.CH4/c1-23(2,3)16-10-12-17(13-11-16)33(31,32)29-22-15-21(24(4,25)26)28-30(22)20-9-5-8-19-18(20)7-6-14-27-19;1-14(15,16)12-8-13(17)20(19-12)11-6-2-5-10-9(11)4-3-7-18-10;1-10(2,3)8-4-6-9(7-5-8)14(11,12)13;10-12-9-5-1-4-8-7(9)3-2-6-11-8;1-5(6,7)4(9)2-3-8;1-3-9-4(8)5(2,6)7;/h5-15,29H,1-4H3;2-8H,17H2,1H3;4-7H,1-3H3;1-6,12H,10H2;2H2,1H3;3H2,1-2H3;1H4. The van der Waals surface area contributed by atoms with Gasteiger partial charge in [0.2, 0.25) is 5.78 Å². The lowest BCUT2D eigenvalue weighted by Crippen LogP contribution is -2.26. The number of rotatable bonds is 13. The number of carbonyl (C=O) groups excluding carboxylic acids is 2. The molecule has 0 fully saturated rings. The number of nitriles is 1. The van der Waals surface area contributed by atoms with Crippen LogP contribution in [0.3, 0.4) is 0 Å². The van der Waals surface area contributed by atoms with E-state index in [-0.39, 0.29) is 52.0 Å². The molecule has 0 amide bonds. The van der Waals surface area contributed by atoms with Crippen LogP contribution in [0, 0.1) is 11.3 Å². The molecule has 0 bridgehead atoms. The molecule has 0 saturated heterocycles. The Morgan fingerprint density at radius 3 is 1.35 bits per heavy atom. The molecule has 0 aliphatic heterocycles. The second-order valence-electron chi connectivity index (χ2n) is 23.5. The van der Waals surface area contributed by atoms with Crippen molar-refractivity contribution in [2.75, 3.05) is 22.5 Å². The number of Topliss-reactive ketones (excluding diaryl/α,β-unsaturated/α-hetero) is 1. The van der Waals surface area contributed by atoms with Gasteiger partial charge in [0.25, 0.3) is 30.9 Å². The van der Waals surface area contributed by atoms with Crippen molar-refractivity contribution in [3.63, 3.8) is 0 Å². The number of esters is 1. The van der Waals surface area contributed by atoms with Gasteiger partial charge in [0.1, 0.15) is 29.4 Å². The van der Waals surface area contributed by atoms with Crippen LogP contribution in [0.1, 0.15) is 113 Å². The summed E-state index contributed by atoms with van der Waals surface area (Å²) < 4.78 is 159. The fourth-order valence-corrected chi connectivity index (χ4v) is 10.2. The van der Waals surface area contributed by atoms with Crippen LogP contribution in [-0.2, 0) is 56.1 Å². The summed E-state index contributed by atoms with van der Waals surface area (Å²) in [6.45, 7) is 16.2. The number of benzene rings is 5. The second kappa shape index (κ2) is 33.1. The largest absolute Gasteiger partial charge is 0.462 e. The Balaban J connectivity index is 0.000000269. The minimum absolute atomic E-state index is 0. The number of pyridine rings is 3. The highest BCUT2D eigenvalue weighted by Gasteiger charge is 2.35. The molecule has 19 nitrogen and oxygen atoms in total. The molecule has 6 N–H and O–H groups in total. The molecule has 5 aromatic carbocycles. The number of nitrogen functional groups attached to an aromatic ring is 2. The fourth-order valence-electron chi connectivity index (χ4n) is 8.36. The quantitative estimate of drug-likeness (QED) is 0.0274. The lowest BCUT2D eigenvalue weighted by Gasteiger charge is -2.19. The normalized spacial score (nSPS) is 11.8. The van der Waals surface area contributed by atoms with Crippen LogP contribution in [0.4, 0.5) is 52.4 Å². The predicted octanol–water partition coefficient (Wildman–Crippen LogP) is 16.1. The van der Waals surface area contributed by atoms with Crippen molar-refractivity contribution >= 4 is 91.5 Å². The van der Waals surface area contributed by atoms with Gasteiger partial charge in [0.05, 0.1) is 56.1 Å². The van der Waals surface area contributed by atoms with E-state index in [0.29, 0.717) is 43.0 Å². The zero-order valence-corrected chi connectivity index (χ0v) is 56.8. The number of alkyl halides is 8. The lowest BCUT2D eigenvalue weighted by molar-refractivity contribution is -0.168. The van der Waals surface area contributed by atoms with Crippen LogP contribution in [0.25, 0.3) is 44.1 Å². The van der Waals surface area contributed by atoms with Gasteiger partial charge < -0.3 is 15.9 Å². The van der Waals surface area contributed by atoms with Crippen molar-refractivity contribution in [2.45, 2.75) is 134 Å². The zero-order chi connectivity index (χ0) is 72.7. The third-order valence-electron chi connectivity index (χ3n) is 13.5. The minimum Gasteiger partial charge on any atom is -0.462 e. The number of hydrazine groups is 1. The van der Waals surface area contributed by atoms with Crippen LogP contribution in [0.5, 0.6) is 0 Å². The first-order valence-electron chi connectivity index (χ1n) is 29.1. The number of ether oxygens (including phenoxy) is 1. The number of hydrogen-bond acceptors (Lipinski definition) is 16. The Labute approximate surface area is 567 Å². The summed E-state index contributed by atoms with van der Waals surface area (Å²) in [5.41, 5.74) is 13.8. The molecule has 0 atom stereocenters. The summed E-state index contributed by atoms with van der Waals surface area (Å²) in [6, 6.07) is 44.0. The summed E-state index contributed by atoms with van der Waals surface area (Å²) in [5, 5.41) is 18.2. The van der Waals surface area contributed by atoms with Crippen molar-refractivity contribution in [3.8, 4) is 17.4 Å². The fraction of sp³-hybridized carbons (Fsp3) is 0.294. The van der Waals surface area contributed by atoms with E-state index in [1.807, 2.05) is 63.2 Å². The van der Waals surface area contributed by atoms with Crippen molar-refractivity contribution < 1.29 is 66.3 Å². The molecule has 0 aliphatic rings. The average Bonchev–Trinajstić information content (AvgIpc) is 1.57. The number of sulfonamides is 1. The van der Waals surface area contributed by atoms with E-state index in [0.717, 1.165) is 51.6 Å². The van der Waals surface area contributed by atoms with Crippen LogP contribution in [0.15, 0.2) is 180 Å². The highest BCUT2D eigenvalue weighted by atomic mass is 35.7. The molecule has 0 radical (unpaired) electrons. The highest BCUT2D eigenvalue weighted by molar-refractivity contribution is 8.13. The Hall–Kier alpha value is -9.63. The van der Waals surface area contributed by atoms with Crippen LogP contribution in [0.2, 0.25) is 0 Å². The number of nitrogens with zero attached hydrogens (tertiary/aromatic N) is 8. The van der Waals surface area contributed by atoms with Crippen molar-refractivity contribution in [3.05, 3.63) is 193 Å². The molecule has 98 heavy (non-hydrogen) atoms. The number of nitrogens with one attached hydrogen (secondary N) is 2. The maximum absolute atomic E-state index is 14.1. The molecule has 524 valence electrons. The molecule has 0 spiro atoms. The van der Waals surface area contributed by atoms with Gasteiger partial charge >= 0.3 is 17.8 Å². The zero-order valence-electron chi connectivity index (χ0n) is 54.4. The Bertz CT molecular complexity index is 4600. The molecular formula is C68H75ClF8N12O7S2. The van der Waals surface area contributed by atoms with E-state index in [4.69, 9.17) is 27.5 Å². The first-order valence-corrected chi connectivity index (χ1v) is 32.9.